The van der Waals surface area contributed by atoms with Gasteiger partial charge in [-0.1, -0.05) is 23.8 Å². The Bertz CT molecular complexity index is 605. The van der Waals surface area contributed by atoms with Crippen molar-refractivity contribution in [1.29, 1.82) is 0 Å². The Kier molecular flexibility index (Phi) is 8.76. The molecule has 0 fully saturated rings. The lowest BCUT2D eigenvalue weighted by molar-refractivity contribution is 0.665. The third-order valence-corrected chi connectivity index (χ3v) is 3.58. The molecule has 23 heavy (non-hydrogen) atoms. The van der Waals surface area contributed by atoms with Crippen LogP contribution in [0.5, 0.6) is 0 Å². The molecule has 1 aromatic carbocycles. The molecule has 126 valence electrons. The van der Waals surface area contributed by atoms with Crippen molar-refractivity contribution in [1.82, 2.24) is 15.2 Å². The minimum absolute atomic E-state index is 0. The van der Waals surface area contributed by atoms with Gasteiger partial charge in [0.15, 0.2) is 5.96 Å². The van der Waals surface area contributed by atoms with E-state index in [4.69, 9.17) is 0 Å². The van der Waals surface area contributed by atoms with E-state index in [1.54, 1.807) is 0 Å². The summed E-state index contributed by atoms with van der Waals surface area (Å²) >= 11 is 0. The second-order valence-corrected chi connectivity index (χ2v) is 5.47. The number of nitrogens with zero attached hydrogens (tertiary/aromatic N) is 2. The molecule has 2 rings (SSSR count). The van der Waals surface area contributed by atoms with Gasteiger partial charge in [0.05, 0.1) is 6.54 Å². The third-order valence-electron chi connectivity index (χ3n) is 3.58. The summed E-state index contributed by atoms with van der Waals surface area (Å²) in [5.74, 6) is 0.870. The molecule has 1 aromatic heterocycles. The zero-order valence-corrected chi connectivity index (χ0v) is 16.5. The first-order chi connectivity index (χ1) is 10.7. The molecular weight excluding hydrogens is 399 g/mol. The van der Waals surface area contributed by atoms with Gasteiger partial charge in [-0.15, -0.1) is 24.0 Å². The van der Waals surface area contributed by atoms with Crippen molar-refractivity contribution in [2.45, 2.75) is 33.9 Å². The number of halogens is 1. The lowest BCUT2D eigenvalue weighted by Gasteiger charge is -2.12. The van der Waals surface area contributed by atoms with Gasteiger partial charge < -0.3 is 15.2 Å². The Morgan fingerprint density at radius 1 is 1.13 bits per heavy atom. The Morgan fingerprint density at radius 3 is 2.52 bits per heavy atom. The highest BCUT2D eigenvalue weighted by atomic mass is 127. The van der Waals surface area contributed by atoms with Crippen molar-refractivity contribution in [3.63, 3.8) is 0 Å². The van der Waals surface area contributed by atoms with Gasteiger partial charge in [-0.3, -0.25) is 0 Å². The molecule has 0 spiro atoms. The molecule has 0 aliphatic rings. The normalized spacial score (nSPS) is 11.0. The maximum atomic E-state index is 4.68. The van der Waals surface area contributed by atoms with Gasteiger partial charge >= 0.3 is 0 Å². The zero-order chi connectivity index (χ0) is 15.8. The quantitative estimate of drug-likeness (QED) is 0.422. The van der Waals surface area contributed by atoms with Crippen LogP contribution < -0.4 is 10.6 Å². The Morgan fingerprint density at radius 2 is 1.87 bits per heavy atom. The molecular formula is C18H27IN4. The maximum Gasteiger partial charge on any atom is 0.191 e. The molecule has 0 radical (unpaired) electrons. The zero-order valence-electron chi connectivity index (χ0n) is 14.2. The first kappa shape index (κ1) is 19.5. The number of guanidine groups is 1. The molecule has 0 saturated heterocycles. The van der Waals surface area contributed by atoms with Crippen LogP contribution in [0.2, 0.25) is 0 Å². The molecule has 0 aliphatic heterocycles. The van der Waals surface area contributed by atoms with E-state index in [0.717, 1.165) is 25.6 Å². The summed E-state index contributed by atoms with van der Waals surface area (Å²) in [6.45, 7) is 9.69. The van der Waals surface area contributed by atoms with Crippen LogP contribution in [0.4, 0.5) is 0 Å². The summed E-state index contributed by atoms with van der Waals surface area (Å²) in [7, 11) is 0. The fourth-order valence-electron chi connectivity index (χ4n) is 2.35. The maximum absolute atomic E-state index is 4.68. The fourth-order valence-corrected chi connectivity index (χ4v) is 2.35. The molecule has 5 heteroatoms. The SMILES string of the molecule is CCNC(=NCc1ccc(C)cc1C)NCCn1cccc1.I. The van der Waals surface area contributed by atoms with E-state index in [1.807, 2.05) is 12.1 Å². The third kappa shape index (κ3) is 6.64. The standard InChI is InChI=1S/C18H26N4.HI/c1-4-19-18(20-9-12-22-10-5-6-11-22)21-14-17-8-7-15(2)13-16(17)3;/h5-8,10-11,13H,4,9,12,14H2,1-3H3,(H2,19,20,21);1H. The molecule has 0 atom stereocenters. The van der Waals surface area contributed by atoms with Crippen molar-refractivity contribution < 1.29 is 0 Å². The summed E-state index contributed by atoms with van der Waals surface area (Å²) in [5.41, 5.74) is 3.86. The van der Waals surface area contributed by atoms with Gasteiger partial charge in [-0.05, 0) is 44.0 Å². The first-order valence-corrected chi connectivity index (χ1v) is 7.88. The second kappa shape index (κ2) is 10.3. The average Bonchev–Trinajstić information content (AvgIpc) is 2.99. The molecule has 4 nitrogen and oxygen atoms in total. The highest BCUT2D eigenvalue weighted by molar-refractivity contribution is 14.0. The van der Waals surface area contributed by atoms with Gasteiger partial charge in [0.2, 0.25) is 0 Å². The predicted molar refractivity (Wildman–Crippen MR) is 109 cm³/mol. The topological polar surface area (TPSA) is 41.4 Å². The van der Waals surface area contributed by atoms with Crippen molar-refractivity contribution >= 4 is 29.9 Å². The number of hydrogen-bond acceptors (Lipinski definition) is 1. The molecule has 0 saturated carbocycles. The van der Waals surface area contributed by atoms with E-state index in [2.05, 4.69) is 71.6 Å². The van der Waals surface area contributed by atoms with E-state index in [0.29, 0.717) is 6.54 Å². The monoisotopic (exact) mass is 426 g/mol. The molecule has 2 N–H and O–H groups in total. The van der Waals surface area contributed by atoms with E-state index in [9.17, 15) is 0 Å². The molecule has 1 heterocycles. The van der Waals surface area contributed by atoms with Crippen LogP contribution in [0, 0.1) is 13.8 Å². The Hall–Kier alpha value is -1.50. The molecule has 0 aliphatic carbocycles. The second-order valence-electron chi connectivity index (χ2n) is 5.47. The van der Waals surface area contributed by atoms with E-state index >= 15 is 0 Å². The summed E-state index contributed by atoms with van der Waals surface area (Å²) < 4.78 is 2.15. The van der Waals surface area contributed by atoms with Gasteiger partial charge in [0.1, 0.15) is 0 Å². The van der Waals surface area contributed by atoms with Crippen LogP contribution >= 0.6 is 24.0 Å². The summed E-state index contributed by atoms with van der Waals surface area (Å²) in [5, 5.41) is 6.67. The van der Waals surface area contributed by atoms with E-state index in [-0.39, 0.29) is 24.0 Å². The van der Waals surface area contributed by atoms with Crippen LogP contribution in [0.25, 0.3) is 0 Å². The summed E-state index contributed by atoms with van der Waals surface area (Å²) in [6.07, 6.45) is 4.14. The number of benzene rings is 1. The van der Waals surface area contributed by atoms with Crippen LogP contribution in [-0.2, 0) is 13.1 Å². The van der Waals surface area contributed by atoms with E-state index in [1.165, 1.54) is 16.7 Å². The molecule has 0 amide bonds. The smallest absolute Gasteiger partial charge is 0.191 e. The van der Waals surface area contributed by atoms with Gasteiger partial charge in [-0.2, -0.15) is 0 Å². The highest BCUT2D eigenvalue weighted by Crippen LogP contribution is 2.11. The van der Waals surface area contributed by atoms with Gasteiger partial charge in [-0.25, -0.2) is 4.99 Å². The number of hydrogen-bond donors (Lipinski definition) is 2. The summed E-state index contributed by atoms with van der Waals surface area (Å²) in [6, 6.07) is 10.6. The number of rotatable bonds is 6. The number of nitrogens with one attached hydrogen (secondary N) is 2. The fraction of sp³-hybridized carbons (Fsp3) is 0.389. The molecule has 0 bridgehead atoms. The molecule has 0 unspecified atom stereocenters. The van der Waals surface area contributed by atoms with Crippen LogP contribution in [0.1, 0.15) is 23.6 Å². The number of aryl methyl sites for hydroxylation is 2. The minimum Gasteiger partial charge on any atom is -0.357 e. The van der Waals surface area contributed by atoms with Crippen molar-refractivity contribution in [3.8, 4) is 0 Å². The summed E-state index contributed by atoms with van der Waals surface area (Å²) in [4.78, 5) is 4.68. The lowest BCUT2D eigenvalue weighted by Crippen LogP contribution is -2.38. The van der Waals surface area contributed by atoms with Crippen LogP contribution in [-0.4, -0.2) is 23.6 Å². The molecule has 2 aromatic rings. The first-order valence-electron chi connectivity index (χ1n) is 7.88. The predicted octanol–water partition coefficient (Wildman–Crippen LogP) is 3.48. The van der Waals surface area contributed by atoms with Crippen LogP contribution in [0.15, 0.2) is 47.7 Å². The van der Waals surface area contributed by atoms with Crippen LogP contribution in [0.3, 0.4) is 0 Å². The van der Waals surface area contributed by atoms with Gasteiger partial charge in [0, 0.05) is 32.0 Å². The highest BCUT2D eigenvalue weighted by Gasteiger charge is 2.00. The van der Waals surface area contributed by atoms with E-state index < -0.39 is 0 Å². The number of aliphatic imine (C=N–C) groups is 1. The Balaban J connectivity index is 0.00000264. The minimum atomic E-state index is 0. The largest absolute Gasteiger partial charge is 0.357 e. The van der Waals surface area contributed by atoms with Crippen molar-refractivity contribution in [3.05, 3.63) is 59.4 Å². The number of aromatic nitrogens is 1. The lowest BCUT2D eigenvalue weighted by atomic mass is 10.1. The van der Waals surface area contributed by atoms with Crippen molar-refractivity contribution in [2.75, 3.05) is 13.1 Å². The average molecular weight is 426 g/mol. The Labute approximate surface area is 156 Å². The van der Waals surface area contributed by atoms with Crippen molar-refractivity contribution in [2.24, 2.45) is 4.99 Å². The van der Waals surface area contributed by atoms with Gasteiger partial charge in [0.25, 0.3) is 0 Å².